The minimum Gasteiger partial charge on any atom is -0.388 e. The molecular formula is C17H29NO. The predicted octanol–water partition coefficient (Wildman–Crippen LogP) is 4.34. The first-order valence-corrected chi connectivity index (χ1v) is 7.57. The molecule has 1 aliphatic carbocycles. The van der Waals surface area contributed by atoms with Gasteiger partial charge in [0, 0.05) is 22.5 Å². The van der Waals surface area contributed by atoms with E-state index >= 15 is 0 Å². The Labute approximate surface area is 117 Å². The summed E-state index contributed by atoms with van der Waals surface area (Å²) in [6.45, 7) is 13.6. The number of aromatic nitrogens is 1. The van der Waals surface area contributed by atoms with Crippen molar-refractivity contribution in [1.29, 1.82) is 0 Å². The molecule has 0 spiro atoms. The van der Waals surface area contributed by atoms with Crippen molar-refractivity contribution in [3.05, 3.63) is 23.0 Å². The van der Waals surface area contributed by atoms with E-state index in [-0.39, 0.29) is 17.1 Å². The van der Waals surface area contributed by atoms with E-state index in [1.807, 2.05) is 0 Å². The van der Waals surface area contributed by atoms with E-state index < -0.39 is 0 Å². The lowest BCUT2D eigenvalue weighted by molar-refractivity contribution is 0.0960. The van der Waals surface area contributed by atoms with E-state index in [1.165, 1.54) is 29.8 Å². The van der Waals surface area contributed by atoms with Crippen LogP contribution in [0, 0.1) is 12.3 Å². The fourth-order valence-corrected chi connectivity index (χ4v) is 3.91. The summed E-state index contributed by atoms with van der Waals surface area (Å²) in [7, 11) is 0. The third-order valence-corrected chi connectivity index (χ3v) is 4.54. The Morgan fingerprint density at radius 1 is 1.42 bits per heavy atom. The molecule has 0 fully saturated rings. The average molecular weight is 263 g/mol. The first-order chi connectivity index (χ1) is 8.68. The molecule has 0 saturated heterocycles. The number of nitrogens with zero attached hydrogens (tertiary/aromatic N) is 1. The molecule has 1 unspecified atom stereocenters. The van der Waals surface area contributed by atoms with Gasteiger partial charge in [-0.2, -0.15) is 0 Å². The molecule has 108 valence electrons. The van der Waals surface area contributed by atoms with Crippen LogP contribution in [0.5, 0.6) is 0 Å². The van der Waals surface area contributed by atoms with Crippen LogP contribution in [0.2, 0.25) is 0 Å². The highest BCUT2D eigenvalue weighted by molar-refractivity contribution is 5.34. The van der Waals surface area contributed by atoms with E-state index in [0.29, 0.717) is 0 Å². The molecule has 0 aliphatic heterocycles. The van der Waals surface area contributed by atoms with Crippen LogP contribution < -0.4 is 0 Å². The zero-order valence-corrected chi connectivity index (χ0v) is 13.4. The van der Waals surface area contributed by atoms with Gasteiger partial charge in [0.1, 0.15) is 0 Å². The van der Waals surface area contributed by atoms with Crippen molar-refractivity contribution < 1.29 is 5.11 Å². The molecule has 1 aromatic heterocycles. The first kappa shape index (κ1) is 14.6. The second-order valence-corrected chi connectivity index (χ2v) is 7.65. The van der Waals surface area contributed by atoms with E-state index in [0.717, 1.165) is 12.8 Å². The quantitative estimate of drug-likeness (QED) is 0.862. The van der Waals surface area contributed by atoms with Crippen molar-refractivity contribution in [2.24, 2.45) is 5.41 Å². The SMILES string of the molecule is CCCC(C)(C)n1c(C)cc2c1CC(C)(C)CC2O. The van der Waals surface area contributed by atoms with Gasteiger partial charge < -0.3 is 9.67 Å². The van der Waals surface area contributed by atoms with Crippen molar-refractivity contribution in [1.82, 2.24) is 4.57 Å². The van der Waals surface area contributed by atoms with Gasteiger partial charge in [0.15, 0.2) is 0 Å². The van der Waals surface area contributed by atoms with E-state index in [4.69, 9.17) is 0 Å². The van der Waals surface area contributed by atoms with Gasteiger partial charge in [-0.05, 0) is 51.5 Å². The largest absolute Gasteiger partial charge is 0.388 e. The minimum absolute atomic E-state index is 0.138. The fraction of sp³-hybridized carbons (Fsp3) is 0.765. The summed E-state index contributed by atoms with van der Waals surface area (Å²) in [5.74, 6) is 0. The van der Waals surface area contributed by atoms with Crippen molar-refractivity contribution >= 4 is 0 Å². The second kappa shape index (κ2) is 4.66. The molecule has 0 aromatic carbocycles. The number of hydrogen-bond acceptors (Lipinski definition) is 1. The minimum atomic E-state index is -0.295. The van der Waals surface area contributed by atoms with Crippen LogP contribution in [-0.4, -0.2) is 9.67 Å². The molecular weight excluding hydrogens is 234 g/mol. The predicted molar refractivity (Wildman–Crippen MR) is 80.5 cm³/mol. The maximum atomic E-state index is 10.4. The number of aliphatic hydroxyl groups is 1. The molecule has 1 aromatic rings. The summed E-state index contributed by atoms with van der Waals surface area (Å²) in [5.41, 5.74) is 4.15. The normalized spacial score (nSPS) is 22.4. The van der Waals surface area contributed by atoms with Gasteiger partial charge in [0.2, 0.25) is 0 Å². The number of aliphatic hydroxyl groups excluding tert-OH is 1. The summed E-state index contributed by atoms with van der Waals surface area (Å²) in [5, 5.41) is 10.4. The highest BCUT2D eigenvalue weighted by Crippen LogP contribution is 2.44. The zero-order valence-electron chi connectivity index (χ0n) is 13.4. The molecule has 1 aliphatic rings. The van der Waals surface area contributed by atoms with Crippen LogP contribution in [0.4, 0.5) is 0 Å². The summed E-state index contributed by atoms with van der Waals surface area (Å²) >= 11 is 0. The maximum absolute atomic E-state index is 10.4. The first-order valence-electron chi connectivity index (χ1n) is 7.57. The summed E-state index contributed by atoms with van der Waals surface area (Å²) < 4.78 is 2.48. The Morgan fingerprint density at radius 3 is 2.63 bits per heavy atom. The maximum Gasteiger partial charge on any atom is 0.0812 e. The molecule has 0 saturated carbocycles. The molecule has 19 heavy (non-hydrogen) atoms. The highest BCUT2D eigenvalue weighted by Gasteiger charge is 2.36. The Kier molecular flexibility index (Phi) is 3.59. The molecule has 1 atom stereocenters. The van der Waals surface area contributed by atoms with Gasteiger partial charge in [-0.1, -0.05) is 27.2 Å². The Balaban J connectivity index is 2.53. The monoisotopic (exact) mass is 263 g/mol. The topological polar surface area (TPSA) is 25.2 Å². The van der Waals surface area contributed by atoms with Gasteiger partial charge in [-0.15, -0.1) is 0 Å². The summed E-state index contributed by atoms with van der Waals surface area (Å²) in [6, 6.07) is 2.20. The van der Waals surface area contributed by atoms with Crippen molar-refractivity contribution in [3.8, 4) is 0 Å². The van der Waals surface area contributed by atoms with Crippen molar-refractivity contribution in [2.75, 3.05) is 0 Å². The van der Waals surface area contributed by atoms with E-state index in [9.17, 15) is 5.11 Å². The second-order valence-electron chi connectivity index (χ2n) is 7.65. The smallest absolute Gasteiger partial charge is 0.0812 e. The van der Waals surface area contributed by atoms with Gasteiger partial charge in [-0.25, -0.2) is 0 Å². The number of fused-ring (bicyclic) bond motifs is 1. The van der Waals surface area contributed by atoms with Gasteiger partial charge in [0.25, 0.3) is 0 Å². The number of aryl methyl sites for hydroxylation is 1. The Hall–Kier alpha value is -0.760. The molecule has 0 amide bonds. The lowest BCUT2D eigenvalue weighted by Gasteiger charge is -2.38. The third kappa shape index (κ3) is 2.60. The molecule has 2 nitrogen and oxygen atoms in total. The van der Waals surface area contributed by atoms with Crippen LogP contribution >= 0.6 is 0 Å². The molecule has 0 radical (unpaired) electrons. The summed E-state index contributed by atoms with van der Waals surface area (Å²) in [6.07, 6.45) is 4.01. The molecule has 1 N–H and O–H groups in total. The number of rotatable bonds is 3. The number of hydrogen-bond donors (Lipinski definition) is 1. The van der Waals surface area contributed by atoms with Crippen LogP contribution in [-0.2, 0) is 12.0 Å². The van der Waals surface area contributed by atoms with Crippen molar-refractivity contribution in [2.45, 2.75) is 78.9 Å². The van der Waals surface area contributed by atoms with E-state index in [1.54, 1.807) is 0 Å². The van der Waals surface area contributed by atoms with Crippen LogP contribution in [0.3, 0.4) is 0 Å². The fourth-order valence-electron chi connectivity index (χ4n) is 3.91. The van der Waals surface area contributed by atoms with Crippen molar-refractivity contribution in [3.63, 3.8) is 0 Å². The van der Waals surface area contributed by atoms with E-state index in [2.05, 4.69) is 52.2 Å². The molecule has 0 bridgehead atoms. The summed E-state index contributed by atoms with van der Waals surface area (Å²) in [4.78, 5) is 0. The van der Waals surface area contributed by atoms with Crippen LogP contribution in [0.25, 0.3) is 0 Å². The molecule has 2 rings (SSSR count). The zero-order chi connectivity index (χ0) is 14.4. The van der Waals surface area contributed by atoms with Gasteiger partial charge >= 0.3 is 0 Å². The van der Waals surface area contributed by atoms with Crippen LogP contribution in [0.1, 0.15) is 76.9 Å². The van der Waals surface area contributed by atoms with Gasteiger partial charge in [0.05, 0.1) is 6.10 Å². The Morgan fingerprint density at radius 2 is 2.05 bits per heavy atom. The molecule has 1 heterocycles. The average Bonchev–Trinajstić information content (AvgIpc) is 2.53. The van der Waals surface area contributed by atoms with Crippen LogP contribution in [0.15, 0.2) is 6.07 Å². The lowest BCUT2D eigenvalue weighted by atomic mass is 9.75. The Bertz CT molecular complexity index is 468. The van der Waals surface area contributed by atoms with Gasteiger partial charge in [-0.3, -0.25) is 0 Å². The molecule has 2 heteroatoms. The highest BCUT2D eigenvalue weighted by atomic mass is 16.3. The third-order valence-electron chi connectivity index (χ3n) is 4.54. The lowest BCUT2D eigenvalue weighted by Crippen LogP contribution is -2.33. The standard InChI is InChI=1S/C17H29NO/c1-7-8-17(5,6)18-12(2)9-13-14(18)10-16(3,4)11-15(13)19/h9,15,19H,7-8,10-11H2,1-6H3.